The summed E-state index contributed by atoms with van der Waals surface area (Å²) in [6.07, 6.45) is 2.48. The van der Waals surface area contributed by atoms with Gasteiger partial charge in [0.15, 0.2) is 5.11 Å². The minimum absolute atomic E-state index is 0.0444. The van der Waals surface area contributed by atoms with Crippen molar-refractivity contribution in [2.45, 2.75) is 32.6 Å². The molecular weight excluding hydrogens is 553 g/mol. The van der Waals surface area contributed by atoms with Crippen LogP contribution in [-0.2, 0) is 4.79 Å². The second kappa shape index (κ2) is 14.2. The van der Waals surface area contributed by atoms with Gasteiger partial charge in [0.1, 0.15) is 11.5 Å². The van der Waals surface area contributed by atoms with Crippen molar-refractivity contribution in [3.8, 4) is 11.5 Å². The first-order chi connectivity index (χ1) is 15.8. The molecule has 2 rings (SSSR count). The van der Waals surface area contributed by atoms with Crippen LogP contribution in [0.2, 0.25) is 10.0 Å². The molecule has 2 aromatic carbocycles. The molecule has 2 aromatic rings. The minimum atomic E-state index is -0.456. The summed E-state index contributed by atoms with van der Waals surface area (Å²) >= 11 is 20.3. The normalized spacial score (nSPS) is 10.3. The van der Waals surface area contributed by atoms with Crippen molar-refractivity contribution in [3.05, 3.63) is 56.5 Å². The third kappa shape index (κ3) is 9.75. The van der Waals surface area contributed by atoms with Crippen LogP contribution >= 0.6 is 51.3 Å². The highest BCUT2D eigenvalue weighted by atomic mass is 79.9. The Morgan fingerprint density at radius 1 is 1.00 bits per heavy atom. The molecule has 3 N–H and O–H groups in total. The van der Waals surface area contributed by atoms with E-state index < -0.39 is 5.91 Å². The van der Waals surface area contributed by atoms with Gasteiger partial charge in [0, 0.05) is 15.9 Å². The van der Waals surface area contributed by atoms with Gasteiger partial charge < -0.3 is 9.47 Å². The lowest BCUT2D eigenvalue weighted by Gasteiger charge is -2.14. The molecule has 0 spiro atoms. The molecule has 0 heterocycles. The monoisotopic (exact) mass is 575 g/mol. The van der Waals surface area contributed by atoms with E-state index in [-0.39, 0.29) is 17.4 Å². The Labute approximate surface area is 216 Å². The quantitative estimate of drug-likeness (QED) is 0.198. The number of hydrogen-bond acceptors (Lipinski definition) is 5. The standard InChI is InChI=1S/C22H24BrCl2N3O4S/c1-2-3-10-31-18-8-6-14(23)12-16(18)21(30)26-22(33)28-27-20(29)5-4-11-32-19-9-7-15(24)13-17(19)25/h6-9,12-13H,2-5,10-11H2,1H3,(H,27,29)(H2,26,28,30,33). The zero-order chi connectivity index (χ0) is 24.2. The van der Waals surface area contributed by atoms with Crippen molar-refractivity contribution in [1.82, 2.24) is 16.2 Å². The van der Waals surface area contributed by atoms with Crippen LogP contribution in [0.25, 0.3) is 0 Å². The fourth-order valence-corrected chi connectivity index (χ4v) is 3.50. The van der Waals surface area contributed by atoms with Gasteiger partial charge in [-0.05, 0) is 61.5 Å². The number of hydrazine groups is 1. The SMILES string of the molecule is CCCCOc1ccc(Br)cc1C(=O)NC(=S)NNC(=O)CCCOc1ccc(Cl)cc1Cl. The third-order valence-corrected chi connectivity index (χ3v) is 5.41. The fourth-order valence-electron chi connectivity index (χ4n) is 2.53. The van der Waals surface area contributed by atoms with Crippen LogP contribution in [0.4, 0.5) is 0 Å². The number of carbonyl (C=O) groups excluding carboxylic acids is 2. The van der Waals surface area contributed by atoms with Gasteiger partial charge in [0.05, 0.1) is 23.8 Å². The van der Waals surface area contributed by atoms with Crippen molar-refractivity contribution >= 4 is 68.3 Å². The maximum absolute atomic E-state index is 12.6. The first-order valence-electron chi connectivity index (χ1n) is 10.2. The van der Waals surface area contributed by atoms with Crippen molar-refractivity contribution in [2.24, 2.45) is 0 Å². The summed E-state index contributed by atoms with van der Waals surface area (Å²) in [4.78, 5) is 24.6. The lowest BCUT2D eigenvalue weighted by atomic mass is 10.2. The van der Waals surface area contributed by atoms with Gasteiger partial charge in [-0.15, -0.1) is 0 Å². The zero-order valence-corrected chi connectivity index (χ0v) is 21.8. The van der Waals surface area contributed by atoms with Crippen LogP contribution in [0.5, 0.6) is 11.5 Å². The smallest absolute Gasteiger partial charge is 0.261 e. The lowest BCUT2D eigenvalue weighted by molar-refractivity contribution is -0.121. The molecule has 11 heteroatoms. The average Bonchev–Trinajstić information content (AvgIpc) is 2.77. The van der Waals surface area contributed by atoms with E-state index in [1.165, 1.54) is 0 Å². The maximum atomic E-state index is 12.6. The van der Waals surface area contributed by atoms with E-state index in [4.69, 9.17) is 44.9 Å². The molecule has 0 aliphatic heterocycles. The molecule has 0 saturated heterocycles. The summed E-state index contributed by atoms with van der Waals surface area (Å²) in [6.45, 7) is 2.85. The van der Waals surface area contributed by atoms with Crippen molar-refractivity contribution in [3.63, 3.8) is 0 Å². The number of hydrogen-bond donors (Lipinski definition) is 3. The Balaban J connectivity index is 1.74. The number of benzene rings is 2. The Kier molecular flexibility index (Phi) is 11.7. The summed E-state index contributed by atoms with van der Waals surface area (Å²) in [5.74, 6) is 0.178. The molecule has 0 saturated carbocycles. The number of thiocarbonyl (C=S) groups is 1. The number of halogens is 3. The molecule has 0 atom stereocenters. The summed E-state index contributed by atoms with van der Waals surface area (Å²) in [5, 5.41) is 3.40. The van der Waals surface area contributed by atoms with E-state index in [1.54, 1.807) is 36.4 Å². The molecule has 0 unspecified atom stereocenters. The number of carbonyl (C=O) groups is 2. The van der Waals surface area contributed by atoms with Gasteiger partial charge >= 0.3 is 0 Å². The molecule has 0 aliphatic carbocycles. The van der Waals surface area contributed by atoms with Gasteiger partial charge in [-0.25, -0.2) is 0 Å². The summed E-state index contributed by atoms with van der Waals surface area (Å²) in [5.41, 5.74) is 5.28. The predicted molar refractivity (Wildman–Crippen MR) is 137 cm³/mol. The highest BCUT2D eigenvalue weighted by molar-refractivity contribution is 9.10. The highest BCUT2D eigenvalue weighted by Crippen LogP contribution is 2.27. The van der Waals surface area contributed by atoms with E-state index >= 15 is 0 Å². The summed E-state index contributed by atoms with van der Waals surface area (Å²) in [6, 6.07) is 10.1. The van der Waals surface area contributed by atoms with Gasteiger partial charge in [-0.2, -0.15) is 0 Å². The van der Waals surface area contributed by atoms with E-state index in [9.17, 15) is 9.59 Å². The Morgan fingerprint density at radius 3 is 2.42 bits per heavy atom. The van der Waals surface area contributed by atoms with Gasteiger partial charge in [-0.1, -0.05) is 52.5 Å². The van der Waals surface area contributed by atoms with Crippen LogP contribution in [0.3, 0.4) is 0 Å². The fraction of sp³-hybridized carbons (Fsp3) is 0.318. The summed E-state index contributed by atoms with van der Waals surface area (Å²) < 4.78 is 12.0. The average molecular weight is 577 g/mol. The first kappa shape index (κ1) is 27.2. The molecule has 0 radical (unpaired) electrons. The second-order valence-corrected chi connectivity index (χ2v) is 8.99. The molecule has 0 fully saturated rings. The molecule has 33 heavy (non-hydrogen) atoms. The van der Waals surface area contributed by atoms with Crippen LogP contribution in [-0.4, -0.2) is 30.1 Å². The molecular formula is C22H24BrCl2N3O4S. The van der Waals surface area contributed by atoms with E-state index in [1.807, 2.05) is 0 Å². The van der Waals surface area contributed by atoms with Crippen molar-refractivity contribution < 1.29 is 19.1 Å². The van der Waals surface area contributed by atoms with Gasteiger partial charge in [0.25, 0.3) is 5.91 Å². The van der Waals surface area contributed by atoms with Gasteiger partial charge in [0.2, 0.25) is 5.91 Å². The predicted octanol–water partition coefficient (Wildman–Crippen LogP) is 5.43. The van der Waals surface area contributed by atoms with Gasteiger partial charge in [-0.3, -0.25) is 25.8 Å². The Morgan fingerprint density at radius 2 is 1.70 bits per heavy atom. The van der Waals surface area contributed by atoms with Crippen LogP contribution in [0.1, 0.15) is 43.0 Å². The molecule has 7 nitrogen and oxygen atoms in total. The molecule has 178 valence electrons. The third-order valence-electron chi connectivity index (χ3n) is 4.18. The van der Waals surface area contributed by atoms with Crippen molar-refractivity contribution in [1.29, 1.82) is 0 Å². The number of ether oxygens (including phenoxy) is 2. The molecule has 2 amide bonds. The topological polar surface area (TPSA) is 88.7 Å². The van der Waals surface area contributed by atoms with E-state index in [2.05, 4.69) is 39.0 Å². The second-order valence-electron chi connectivity index (χ2n) is 6.83. The molecule has 0 aromatic heterocycles. The highest BCUT2D eigenvalue weighted by Gasteiger charge is 2.15. The van der Waals surface area contributed by atoms with Crippen LogP contribution < -0.4 is 25.6 Å². The molecule has 0 bridgehead atoms. The minimum Gasteiger partial charge on any atom is -0.493 e. The number of amides is 2. The molecule has 0 aliphatic rings. The Hall–Kier alpha value is -2.07. The first-order valence-corrected chi connectivity index (χ1v) is 12.2. The maximum Gasteiger partial charge on any atom is 0.261 e. The largest absolute Gasteiger partial charge is 0.493 e. The number of rotatable bonds is 10. The zero-order valence-electron chi connectivity index (χ0n) is 17.9. The van der Waals surface area contributed by atoms with Crippen molar-refractivity contribution in [2.75, 3.05) is 13.2 Å². The van der Waals surface area contributed by atoms with E-state index in [0.717, 1.165) is 17.3 Å². The number of nitrogens with one attached hydrogen (secondary N) is 3. The summed E-state index contributed by atoms with van der Waals surface area (Å²) in [7, 11) is 0. The van der Waals surface area contributed by atoms with Crippen LogP contribution in [0.15, 0.2) is 40.9 Å². The van der Waals surface area contributed by atoms with Crippen LogP contribution in [0, 0.1) is 0 Å². The Bertz CT molecular complexity index is 994. The lowest BCUT2D eigenvalue weighted by Crippen LogP contribution is -2.48. The van der Waals surface area contributed by atoms with E-state index in [0.29, 0.717) is 46.7 Å². The number of unbranched alkanes of at least 4 members (excludes halogenated alkanes) is 1.